The third kappa shape index (κ3) is 3.36. The highest BCUT2D eigenvalue weighted by atomic mass is 35.5. The number of ether oxygens (including phenoxy) is 2. The van der Waals surface area contributed by atoms with E-state index in [1.165, 1.54) is 7.05 Å². The molecule has 0 aliphatic heterocycles. The molecule has 0 aromatic carbocycles. The van der Waals surface area contributed by atoms with Gasteiger partial charge in [-0.1, -0.05) is 23.2 Å². The molecule has 0 fully saturated rings. The van der Waals surface area contributed by atoms with Crippen LogP contribution in [0.1, 0.15) is 6.92 Å². The predicted molar refractivity (Wildman–Crippen MR) is 74.3 cm³/mol. The van der Waals surface area contributed by atoms with Crippen molar-refractivity contribution < 1.29 is 18.3 Å². The fraction of sp³-hybridized carbons (Fsp3) is 0.333. The lowest BCUT2D eigenvalue weighted by molar-refractivity contribution is -0.0552. The van der Waals surface area contributed by atoms with Crippen LogP contribution in [-0.2, 0) is 7.05 Å². The molecule has 9 heteroatoms. The molecule has 0 radical (unpaired) electrons. The molecule has 2 aromatic heterocycles. The van der Waals surface area contributed by atoms with Crippen LogP contribution in [0, 0.1) is 0 Å². The van der Waals surface area contributed by atoms with Crippen molar-refractivity contribution in [3.63, 3.8) is 0 Å². The number of hydrogen-bond acceptors (Lipinski definition) is 4. The number of alkyl halides is 2. The number of rotatable bonds is 5. The molecule has 0 amide bonds. The number of halogens is 4. The van der Waals surface area contributed by atoms with Crippen LogP contribution in [0.4, 0.5) is 8.78 Å². The summed E-state index contributed by atoms with van der Waals surface area (Å²) in [5.41, 5.74) is 0.597. The molecule has 0 aliphatic rings. The molecule has 0 N–H and O–H groups in total. The van der Waals surface area contributed by atoms with Crippen LogP contribution in [0.2, 0.25) is 10.2 Å². The maximum Gasteiger partial charge on any atom is 0.388 e. The number of hydrogen-bond donors (Lipinski definition) is 0. The van der Waals surface area contributed by atoms with Gasteiger partial charge in [0.1, 0.15) is 15.9 Å². The van der Waals surface area contributed by atoms with Gasteiger partial charge in [-0.2, -0.15) is 13.9 Å². The smallest absolute Gasteiger partial charge is 0.388 e. The van der Waals surface area contributed by atoms with E-state index in [0.717, 1.165) is 4.68 Å². The van der Waals surface area contributed by atoms with Crippen LogP contribution in [0.5, 0.6) is 11.8 Å². The van der Waals surface area contributed by atoms with Crippen LogP contribution >= 0.6 is 23.2 Å². The van der Waals surface area contributed by atoms with Crippen LogP contribution < -0.4 is 9.47 Å². The van der Waals surface area contributed by atoms with Crippen molar-refractivity contribution >= 4 is 23.2 Å². The molecule has 0 spiro atoms. The first-order valence-electron chi connectivity index (χ1n) is 5.91. The molecule has 2 aromatic rings. The molecule has 0 bridgehead atoms. The highest BCUT2D eigenvalue weighted by Crippen LogP contribution is 2.38. The van der Waals surface area contributed by atoms with Crippen molar-refractivity contribution in [1.29, 1.82) is 0 Å². The first-order chi connectivity index (χ1) is 9.93. The Kier molecular flexibility index (Phi) is 4.84. The largest absolute Gasteiger partial charge is 0.478 e. The molecule has 5 nitrogen and oxygen atoms in total. The van der Waals surface area contributed by atoms with E-state index in [1.807, 2.05) is 6.92 Å². The van der Waals surface area contributed by atoms with E-state index < -0.39 is 6.61 Å². The maximum atomic E-state index is 12.3. The van der Waals surface area contributed by atoms with Gasteiger partial charge in [-0.05, 0) is 13.0 Å². The third-order valence-corrected chi connectivity index (χ3v) is 3.14. The van der Waals surface area contributed by atoms with Gasteiger partial charge < -0.3 is 9.47 Å². The Hall–Kier alpha value is -1.60. The first kappa shape index (κ1) is 15.8. The van der Waals surface area contributed by atoms with E-state index in [2.05, 4.69) is 14.8 Å². The fourth-order valence-corrected chi connectivity index (χ4v) is 2.23. The Morgan fingerprint density at radius 2 is 2.05 bits per heavy atom. The van der Waals surface area contributed by atoms with Crippen molar-refractivity contribution in [3.05, 3.63) is 22.3 Å². The normalized spacial score (nSPS) is 11.0. The average molecular weight is 338 g/mol. The zero-order valence-corrected chi connectivity index (χ0v) is 12.6. The zero-order valence-electron chi connectivity index (χ0n) is 11.1. The van der Waals surface area contributed by atoms with Crippen LogP contribution in [0.3, 0.4) is 0 Å². The Balaban J connectivity index is 2.43. The molecule has 0 unspecified atom stereocenters. The van der Waals surface area contributed by atoms with Gasteiger partial charge in [-0.3, -0.25) is 0 Å². The lowest BCUT2D eigenvalue weighted by atomic mass is 10.2. The Morgan fingerprint density at radius 3 is 2.62 bits per heavy atom. The minimum Gasteiger partial charge on any atom is -0.478 e. The summed E-state index contributed by atoms with van der Waals surface area (Å²) < 4.78 is 35.3. The molecule has 21 heavy (non-hydrogen) atoms. The van der Waals surface area contributed by atoms with Crippen LogP contribution in [0.15, 0.2) is 12.1 Å². The molecule has 2 heterocycles. The highest BCUT2D eigenvalue weighted by molar-refractivity contribution is 6.36. The summed E-state index contributed by atoms with van der Waals surface area (Å²) in [6.45, 7) is -0.744. The van der Waals surface area contributed by atoms with Gasteiger partial charge in [0, 0.05) is 18.7 Å². The van der Waals surface area contributed by atoms with Gasteiger partial charge in [0.2, 0.25) is 11.8 Å². The SMILES string of the molecule is CCOc1ccc(-c2nn(C)c(OC(F)F)c2Cl)c(Cl)n1. The summed E-state index contributed by atoms with van der Waals surface area (Å²) in [4.78, 5) is 4.03. The molecule has 0 saturated carbocycles. The second kappa shape index (κ2) is 6.44. The third-order valence-electron chi connectivity index (χ3n) is 2.51. The fourth-order valence-electron chi connectivity index (χ4n) is 1.69. The Bertz CT molecular complexity index is 650. The summed E-state index contributed by atoms with van der Waals surface area (Å²) in [6.07, 6.45) is 0. The van der Waals surface area contributed by atoms with Gasteiger partial charge in [-0.25, -0.2) is 9.67 Å². The predicted octanol–water partition coefficient (Wildman–Crippen LogP) is 3.79. The van der Waals surface area contributed by atoms with Crippen molar-refractivity contribution in [1.82, 2.24) is 14.8 Å². The minimum atomic E-state index is -3.00. The molecule has 114 valence electrons. The minimum absolute atomic E-state index is 0.0642. The summed E-state index contributed by atoms with van der Waals surface area (Å²) >= 11 is 12.1. The van der Waals surface area contributed by atoms with Gasteiger partial charge in [0.15, 0.2) is 0 Å². The lowest BCUT2D eigenvalue weighted by Gasteiger charge is -2.05. The standard InChI is InChI=1S/C12H11Cl2F2N3O2/c1-3-20-7-5-4-6(10(14)17-7)9-8(13)11(19(2)18-9)21-12(15)16/h4-5,12H,3H2,1-2H3. The van der Waals surface area contributed by atoms with E-state index in [1.54, 1.807) is 12.1 Å². The topological polar surface area (TPSA) is 49.2 Å². The molecule has 0 aliphatic carbocycles. The van der Waals surface area contributed by atoms with Crippen molar-refractivity contribution in [2.24, 2.45) is 7.05 Å². The maximum absolute atomic E-state index is 12.3. The van der Waals surface area contributed by atoms with Crippen molar-refractivity contribution in [2.75, 3.05) is 6.61 Å². The molecule has 2 rings (SSSR count). The number of aryl methyl sites for hydroxylation is 1. The second-order valence-electron chi connectivity index (χ2n) is 3.89. The van der Waals surface area contributed by atoms with Gasteiger partial charge >= 0.3 is 6.61 Å². The first-order valence-corrected chi connectivity index (χ1v) is 6.66. The van der Waals surface area contributed by atoms with E-state index in [0.29, 0.717) is 18.1 Å². The monoisotopic (exact) mass is 337 g/mol. The van der Waals surface area contributed by atoms with E-state index in [9.17, 15) is 8.78 Å². The second-order valence-corrected chi connectivity index (χ2v) is 4.63. The number of nitrogens with zero attached hydrogens (tertiary/aromatic N) is 3. The zero-order chi connectivity index (χ0) is 15.6. The van der Waals surface area contributed by atoms with Gasteiger partial charge in [0.05, 0.1) is 6.61 Å². The van der Waals surface area contributed by atoms with E-state index in [-0.39, 0.29) is 21.7 Å². The molecular weight excluding hydrogens is 327 g/mol. The summed E-state index contributed by atoms with van der Waals surface area (Å²) in [5, 5.41) is 4.07. The van der Waals surface area contributed by atoms with Crippen molar-refractivity contribution in [2.45, 2.75) is 13.5 Å². The summed E-state index contributed by atoms with van der Waals surface area (Å²) in [5.74, 6) is 0.106. The summed E-state index contributed by atoms with van der Waals surface area (Å²) in [7, 11) is 1.43. The van der Waals surface area contributed by atoms with Crippen LogP contribution in [0.25, 0.3) is 11.3 Å². The molecule has 0 atom stereocenters. The van der Waals surface area contributed by atoms with Crippen LogP contribution in [-0.4, -0.2) is 28.0 Å². The van der Waals surface area contributed by atoms with E-state index in [4.69, 9.17) is 27.9 Å². The number of aromatic nitrogens is 3. The Morgan fingerprint density at radius 1 is 1.33 bits per heavy atom. The highest BCUT2D eigenvalue weighted by Gasteiger charge is 2.22. The molecule has 0 saturated heterocycles. The lowest BCUT2D eigenvalue weighted by Crippen LogP contribution is -2.06. The average Bonchev–Trinajstić information content (AvgIpc) is 2.67. The van der Waals surface area contributed by atoms with E-state index >= 15 is 0 Å². The number of pyridine rings is 1. The quantitative estimate of drug-likeness (QED) is 0.779. The van der Waals surface area contributed by atoms with Gasteiger partial charge in [-0.15, -0.1) is 0 Å². The summed E-state index contributed by atoms with van der Waals surface area (Å²) in [6, 6.07) is 3.18. The van der Waals surface area contributed by atoms with Crippen molar-refractivity contribution in [3.8, 4) is 23.0 Å². The van der Waals surface area contributed by atoms with Gasteiger partial charge in [0.25, 0.3) is 0 Å². The molecular formula is C12H11Cl2F2N3O2. The Labute approximate surface area is 129 Å².